The number of aromatic nitrogens is 2. The van der Waals surface area contributed by atoms with Crippen LogP contribution in [0.5, 0.6) is 5.75 Å². The van der Waals surface area contributed by atoms with Crippen LogP contribution in [-0.2, 0) is 6.54 Å². The van der Waals surface area contributed by atoms with Gasteiger partial charge < -0.3 is 14.6 Å². The number of nitrogens with zero attached hydrogens (tertiary/aromatic N) is 2. The molecule has 136 valence electrons. The maximum atomic E-state index is 12.6. The van der Waals surface area contributed by atoms with Gasteiger partial charge in [0, 0.05) is 17.6 Å². The molecule has 0 aliphatic rings. The summed E-state index contributed by atoms with van der Waals surface area (Å²) in [5.41, 5.74) is 2.58. The molecule has 0 bridgehead atoms. The highest BCUT2D eigenvalue weighted by Gasteiger charge is 2.14. The average Bonchev–Trinajstić information content (AvgIpc) is 2.90. The minimum atomic E-state index is -0.143. The summed E-state index contributed by atoms with van der Waals surface area (Å²) in [4.78, 5) is 17.2. The Balaban J connectivity index is 1.70. The third kappa shape index (κ3) is 4.07. The maximum absolute atomic E-state index is 12.6. The predicted molar refractivity (Wildman–Crippen MR) is 107 cm³/mol. The van der Waals surface area contributed by atoms with Gasteiger partial charge in [0.05, 0.1) is 22.7 Å². The summed E-state index contributed by atoms with van der Waals surface area (Å²) in [5.74, 6) is 1.37. The number of carbonyl (C=O) groups excluding carboxylic acids is 1. The summed E-state index contributed by atoms with van der Waals surface area (Å²) in [6.07, 6.45) is -0.00388. The fourth-order valence-electron chi connectivity index (χ4n) is 2.89. The molecule has 1 amide bonds. The van der Waals surface area contributed by atoms with Crippen molar-refractivity contribution in [3.05, 3.63) is 58.3 Å². The van der Waals surface area contributed by atoms with Gasteiger partial charge in [-0.3, -0.25) is 4.79 Å². The van der Waals surface area contributed by atoms with Crippen molar-refractivity contribution in [2.45, 2.75) is 33.4 Å². The molecule has 0 saturated carbocycles. The number of carbonyl (C=O) groups is 1. The van der Waals surface area contributed by atoms with Crippen LogP contribution in [0.25, 0.3) is 11.0 Å². The highest BCUT2D eigenvalue weighted by molar-refractivity contribution is 9.10. The lowest BCUT2D eigenvalue weighted by molar-refractivity contribution is 0.0946. The zero-order chi connectivity index (χ0) is 18.7. The molecular weight excluding hydrogens is 394 g/mol. The molecule has 3 aromatic rings. The summed E-state index contributed by atoms with van der Waals surface area (Å²) in [5, 5.41) is 2.98. The zero-order valence-electron chi connectivity index (χ0n) is 15.1. The summed E-state index contributed by atoms with van der Waals surface area (Å²) in [7, 11) is 0. The minimum Gasteiger partial charge on any atom is -0.490 e. The number of benzene rings is 2. The van der Waals surface area contributed by atoms with Crippen LogP contribution in [0.3, 0.4) is 0 Å². The quantitative estimate of drug-likeness (QED) is 0.651. The zero-order valence-corrected chi connectivity index (χ0v) is 16.7. The Hall–Kier alpha value is -2.34. The summed E-state index contributed by atoms with van der Waals surface area (Å²) < 4.78 is 8.76. The first-order valence-corrected chi connectivity index (χ1v) is 9.41. The highest BCUT2D eigenvalue weighted by Crippen LogP contribution is 2.25. The fourth-order valence-corrected chi connectivity index (χ4v) is 3.23. The molecule has 0 fully saturated rings. The number of aryl methyl sites for hydroxylation is 1. The van der Waals surface area contributed by atoms with Crippen molar-refractivity contribution in [1.29, 1.82) is 0 Å². The van der Waals surface area contributed by atoms with Gasteiger partial charge in [0.15, 0.2) is 0 Å². The van der Waals surface area contributed by atoms with E-state index >= 15 is 0 Å². The molecule has 6 heteroatoms. The summed E-state index contributed by atoms with van der Waals surface area (Å²) >= 11 is 3.42. The maximum Gasteiger partial charge on any atom is 0.255 e. The first kappa shape index (κ1) is 18.5. The number of halogens is 1. The van der Waals surface area contributed by atoms with Crippen LogP contribution in [0.4, 0.5) is 0 Å². The molecule has 0 spiro atoms. The van der Waals surface area contributed by atoms with E-state index in [1.807, 2.05) is 57.2 Å². The molecule has 0 atom stereocenters. The standard InChI is InChI=1S/C20H22BrN3O2/c1-13(2)26-19-12-15(21)8-9-16(19)20(25)22-10-11-24-14(3)23-17-6-4-5-7-18(17)24/h4-9,12-13H,10-11H2,1-3H3,(H,22,25). The predicted octanol–water partition coefficient (Wildman–Crippen LogP) is 4.32. The van der Waals surface area contributed by atoms with Crippen molar-refractivity contribution >= 4 is 32.9 Å². The van der Waals surface area contributed by atoms with Gasteiger partial charge in [-0.15, -0.1) is 0 Å². The lowest BCUT2D eigenvalue weighted by Crippen LogP contribution is -2.28. The lowest BCUT2D eigenvalue weighted by Gasteiger charge is -2.15. The normalized spacial score (nSPS) is 11.1. The number of nitrogens with one attached hydrogen (secondary N) is 1. The molecule has 5 nitrogen and oxygen atoms in total. The molecule has 2 aromatic carbocycles. The van der Waals surface area contributed by atoms with Crippen LogP contribution >= 0.6 is 15.9 Å². The van der Waals surface area contributed by atoms with Gasteiger partial charge in [0.25, 0.3) is 5.91 Å². The van der Waals surface area contributed by atoms with E-state index in [1.54, 1.807) is 6.07 Å². The molecule has 26 heavy (non-hydrogen) atoms. The largest absolute Gasteiger partial charge is 0.490 e. The Kier molecular flexibility index (Phi) is 5.61. The number of amides is 1. The van der Waals surface area contributed by atoms with Gasteiger partial charge in [-0.1, -0.05) is 28.1 Å². The van der Waals surface area contributed by atoms with Gasteiger partial charge in [-0.25, -0.2) is 4.98 Å². The second-order valence-electron chi connectivity index (χ2n) is 6.36. The van der Waals surface area contributed by atoms with E-state index in [0.29, 0.717) is 24.4 Å². The van der Waals surface area contributed by atoms with Crippen LogP contribution in [0.2, 0.25) is 0 Å². The van der Waals surface area contributed by atoms with E-state index < -0.39 is 0 Å². The Morgan fingerprint density at radius 1 is 1.27 bits per heavy atom. The van der Waals surface area contributed by atoms with E-state index in [1.165, 1.54) is 0 Å². The molecule has 0 aliphatic carbocycles. The van der Waals surface area contributed by atoms with Crippen LogP contribution in [0, 0.1) is 6.92 Å². The van der Waals surface area contributed by atoms with Crippen molar-refractivity contribution < 1.29 is 9.53 Å². The molecule has 0 aliphatic heterocycles. The summed E-state index contributed by atoms with van der Waals surface area (Å²) in [6, 6.07) is 13.4. The topological polar surface area (TPSA) is 56.2 Å². The molecule has 1 N–H and O–H groups in total. The molecular formula is C20H22BrN3O2. The number of fused-ring (bicyclic) bond motifs is 1. The van der Waals surface area contributed by atoms with Crippen molar-refractivity contribution in [3.8, 4) is 5.75 Å². The van der Waals surface area contributed by atoms with E-state index in [4.69, 9.17) is 4.74 Å². The van der Waals surface area contributed by atoms with Crippen molar-refractivity contribution in [2.75, 3.05) is 6.54 Å². The molecule has 1 aromatic heterocycles. The SMILES string of the molecule is Cc1nc2ccccc2n1CCNC(=O)c1ccc(Br)cc1OC(C)C. The Bertz CT molecular complexity index is 934. The van der Waals surface area contributed by atoms with Crippen molar-refractivity contribution in [2.24, 2.45) is 0 Å². The Labute approximate surface area is 161 Å². The first-order valence-electron chi connectivity index (χ1n) is 8.62. The molecule has 0 radical (unpaired) electrons. The fraction of sp³-hybridized carbons (Fsp3) is 0.300. The van der Waals surface area contributed by atoms with Crippen molar-refractivity contribution in [3.63, 3.8) is 0 Å². The monoisotopic (exact) mass is 415 g/mol. The molecule has 0 saturated heterocycles. The van der Waals surface area contributed by atoms with Crippen LogP contribution in [0.15, 0.2) is 46.9 Å². The third-order valence-electron chi connectivity index (χ3n) is 4.02. The van der Waals surface area contributed by atoms with Gasteiger partial charge in [-0.05, 0) is 51.1 Å². The first-order chi connectivity index (χ1) is 12.5. The van der Waals surface area contributed by atoms with Crippen LogP contribution < -0.4 is 10.1 Å². The number of rotatable bonds is 6. The van der Waals surface area contributed by atoms with Crippen LogP contribution in [-0.4, -0.2) is 28.1 Å². The molecule has 1 heterocycles. The van der Waals surface area contributed by atoms with Crippen molar-refractivity contribution in [1.82, 2.24) is 14.9 Å². The number of para-hydroxylation sites is 2. The third-order valence-corrected chi connectivity index (χ3v) is 4.51. The number of ether oxygens (including phenoxy) is 1. The average molecular weight is 416 g/mol. The second-order valence-corrected chi connectivity index (χ2v) is 7.28. The van der Waals surface area contributed by atoms with E-state index in [0.717, 1.165) is 21.3 Å². The van der Waals surface area contributed by atoms with Crippen LogP contribution in [0.1, 0.15) is 30.0 Å². The Morgan fingerprint density at radius 3 is 2.81 bits per heavy atom. The van der Waals surface area contributed by atoms with E-state index in [-0.39, 0.29) is 12.0 Å². The number of hydrogen-bond donors (Lipinski definition) is 1. The highest BCUT2D eigenvalue weighted by atomic mass is 79.9. The molecule has 0 unspecified atom stereocenters. The van der Waals surface area contributed by atoms with Gasteiger partial charge in [0.1, 0.15) is 11.6 Å². The van der Waals surface area contributed by atoms with Gasteiger partial charge in [-0.2, -0.15) is 0 Å². The molecule has 3 rings (SSSR count). The summed E-state index contributed by atoms with van der Waals surface area (Å²) in [6.45, 7) is 7.03. The van der Waals surface area contributed by atoms with E-state index in [9.17, 15) is 4.79 Å². The number of imidazole rings is 1. The Morgan fingerprint density at radius 2 is 2.04 bits per heavy atom. The van der Waals surface area contributed by atoms with E-state index in [2.05, 4.69) is 30.8 Å². The smallest absolute Gasteiger partial charge is 0.255 e. The van der Waals surface area contributed by atoms with Gasteiger partial charge in [0.2, 0.25) is 0 Å². The van der Waals surface area contributed by atoms with Gasteiger partial charge >= 0.3 is 0 Å². The lowest BCUT2D eigenvalue weighted by atomic mass is 10.2. The number of hydrogen-bond acceptors (Lipinski definition) is 3. The minimum absolute atomic E-state index is 0.00388. The second kappa shape index (κ2) is 7.91.